The maximum Gasteiger partial charge on any atom is 0.233 e. The lowest BCUT2D eigenvalue weighted by Gasteiger charge is -2.15. The average molecular weight is 376 g/mol. The van der Waals surface area contributed by atoms with Gasteiger partial charge in [0.1, 0.15) is 12.5 Å². The molecule has 5 nitrogen and oxygen atoms in total. The minimum atomic E-state index is -1.10. The summed E-state index contributed by atoms with van der Waals surface area (Å²) in [7, 11) is -1.10. The third kappa shape index (κ3) is 4.81. The molecular formula is C18H22ClN3O2Si. The van der Waals surface area contributed by atoms with E-state index in [-0.39, 0.29) is 5.28 Å². The standard InChI is InChI=1S/C18H22ClN3O2Si/c1-25(2,3)12-11-23-13-22-10-9-15-16(22)20-18(19)21-17(15)24-14-7-5-4-6-8-14/h4-10H,11-13H2,1-3H3. The SMILES string of the molecule is C[Si](C)(C)CCOCn1ccc2c(Oc3ccccc3)nc(Cl)nc21. The molecule has 0 N–H and O–H groups in total. The van der Waals surface area contributed by atoms with E-state index in [0.717, 1.165) is 18.0 Å². The van der Waals surface area contributed by atoms with Gasteiger partial charge in [-0.1, -0.05) is 37.8 Å². The highest BCUT2D eigenvalue weighted by molar-refractivity contribution is 6.76. The molecule has 0 spiro atoms. The molecule has 0 saturated heterocycles. The summed E-state index contributed by atoms with van der Waals surface area (Å²) in [5, 5.41) is 0.961. The van der Waals surface area contributed by atoms with Crippen LogP contribution >= 0.6 is 11.6 Å². The largest absolute Gasteiger partial charge is 0.438 e. The van der Waals surface area contributed by atoms with Crippen molar-refractivity contribution in [3.63, 3.8) is 0 Å². The Morgan fingerprint density at radius 2 is 1.84 bits per heavy atom. The molecule has 0 bridgehead atoms. The van der Waals surface area contributed by atoms with Crippen molar-refractivity contribution in [2.75, 3.05) is 6.61 Å². The second-order valence-corrected chi connectivity index (χ2v) is 13.0. The molecule has 132 valence electrons. The van der Waals surface area contributed by atoms with Crippen LogP contribution in [0, 0.1) is 0 Å². The van der Waals surface area contributed by atoms with E-state index in [4.69, 9.17) is 21.1 Å². The van der Waals surface area contributed by atoms with Crippen molar-refractivity contribution >= 4 is 30.7 Å². The Bertz CT molecular complexity index is 847. The van der Waals surface area contributed by atoms with Gasteiger partial charge in [0, 0.05) is 20.9 Å². The zero-order valence-corrected chi connectivity index (χ0v) is 16.5. The van der Waals surface area contributed by atoms with E-state index < -0.39 is 8.07 Å². The zero-order valence-electron chi connectivity index (χ0n) is 14.7. The van der Waals surface area contributed by atoms with Gasteiger partial charge in [0.05, 0.1) is 5.39 Å². The van der Waals surface area contributed by atoms with Gasteiger partial charge in [-0.3, -0.25) is 0 Å². The fraction of sp³-hybridized carbons (Fsp3) is 0.333. The summed E-state index contributed by atoms with van der Waals surface area (Å²) in [6.45, 7) is 8.19. The summed E-state index contributed by atoms with van der Waals surface area (Å²) in [5.74, 6) is 1.15. The van der Waals surface area contributed by atoms with Crippen molar-refractivity contribution in [2.45, 2.75) is 32.4 Å². The Morgan fingerprint density at radius 1 is 1.08 bits per heavy atom. The summed E-state index contributed by atoms with van der Waals surface area (Å²) in [4.78, 5) is 8.55. The number of hydrogen-bond donors (Lipinski definition) is 0. The normalized spacial score (nSPS) is 11.8. The van der Waals surface area contributed by atoms with Crippen LogP contribution < -0.4 is 4.74 Å². The van der Waals surface area contributed by atoms with Crippen LogP contribution in [0.25, 0.3) is 11.0 Å². The molecule has 0 amide bonds. The van der Waals surface area contributed by atoms with Gasteiger partial charge in [-0.15, -0.1) is 0 Å². The molecule has 2 aromatic heterocycles. The van der Waals surface area contributed by atoms with Crippen molar-refractivity contribution in [1.29, 1.82) is 0 Å². The van der Waals surface area contributed by atoms with E-state index in [2.05, 4.69) is 29.6 Å². The number of benzene rings is 1. The summed E-state index contributed by atoms with van der Waals surface area (Å²) >= 11 is 6.09. The van der Waals surface area contributed by atoms with Crippen LogP contribution in [0.4, 0.5) is 0 Å². The molecule has 3 aromatic rings. The topological polar surface area (TPSA) is 49.2 Å². The first-order valence-electron chi connectivity index (χ1n) is 8.25. The van der Waals surface area contributed by atoms with Crippen molar-refractivity contribution in [1.82, 2.24) is 14.5 Å². The Kier molecular flexibility index (Phi) is 5.41. The van der Waals surface area contributed by atoms with Crippen LogP contribution in [-0.4, -0.2) is 29.2 Å². The van der Waals surface area contributed by atoms with E-state index in [0.29, 0.717) is 24.0 Å². The van der Waals surface area contributed by atoms with E-state index >= 15 is 0 Å². The predicted octanol–water partition coefficient (Wildman–Crippen LogP) is 5.19. The van der Waals surface area contributed by atoms with Crippen molar-refractivity contribution in [2.24, 2.45) is 0 Å². The highest BCUT2D eigenvalue weighted by Crippen LogP contribution is 2.29. The van der Waals surface area contributed by atoms with Gasteiger partial charge < -0.3 is 14.0 Å². The second kappa shape index (κ2) is 7.55. The molecule has 0 atom stereocenters. The molecule has 25 heavy (non-hydrogen) atoms. The lowest BCUT2D eigenvalue weighted by molar-refractivity contribution is 0.0899. The van der Waals surface area contributed by atoms with Crippen molar-refractivity contribution in [3.8, 4) is 11.6 Å². The summed E-state index contributed by atoms with van der Waals surface area (Å²) in [5.41, 5.74) is 0.707. The van der Waals surface area contributed by atoms with Crippen LogP contribution in [0.1, 0.15) is 0 Å². The fourth-order valence-corrected chi connectivity index (χ4v) is 3.25. The molecule has 0 fully saturated rings. The first kappa shape index (κ1) is 17.9. The Morgan fingerprint density at radius 3 is 2.56 bits per heavy atom. The summed E-state index contributed by atoms with van der Waals surface area (Å²) in [6.07, 6.45) is 1.92. The lowest BCUT2D eigenvalue weighted by Crippen LogP contribution is -2.22. The van der Waals surface area contributed by atoms with Gasteiger partial charge in [-0.2, -0.15) is 9.97 Å². The maximum atomic E-state index is 6.09. The van der Waals surface area contributed by atoms with Crippen LogP contribution in [0.15, 0.2) is 42.6 Å². The molecule has 0 radical (unpaired) electrons. The summed E-state index contributed by atoms with van der Waals surface area (Å²) < 4.78 is 13.6. The van der Waals surface area contributed by atoms with Crippen LogP contribution in [0.5, 0.6) is 11.6 Å². The Labute approximate surface area is 153 Å². The summed E-state index contributed by atoms with van der Waals surface area (Å²) in [6, 6.07) is 12.6. The molecule has 0 saturated carbocycles. The number of para-hydroxylation sites is 1. The number of hydrogen-bond acceptors (Lipinski definition) is 4. The Balaban J connectivity index is 1.78. The number of fused-ring (bicyclic) bond motifs is 1. The van der Waals surface area contributed by atoms with E-state index in [1.54, 1.807) is 0 Å². The van der Waals surface area contributed by atoms with Crippen molar-refractivity contribution < 1.29 is 9.47 Å². The van der Waals surface area contributed by atoms with E-state index in [1.165, 1.54) is 0 Å². The van der Waals surface area contributed by atoms with Crippen LogP contribution in [0.3, 0.4) is 0 Å². The Hall–Kier alpha value is -1.89. The highest BCUT2D eigenvalue weighted by Gasteiger charge is 2.14. The number of halogens is 1. The molecule has 3 rings (SSSR count). The maximum absolute atomic E-state index is 6.09. The molecular weight excluding hydrogens is 354 g/mol. The third-order valence-corrected chi connectivity index (χ3v) is 5.61. The molecule has 2 heterocycles. The minimum absolute atomic E-state index is 0.153. The van der Waals surface area contributed by atoms with Gasteiger partial charge in [0.2, 0.25) is 11.2 Å². The fourth-order valence-electron chi connectivity index (χ4n) is 2.34. The highest BCUT2D eigenvalue weighted by atomic mass is 35.5. The monoisotopic (exact) mass is 375 g/mol. The predicted molar refractivity (Wildman–Crippen MR) is 103 cm³/mol. The van der Waals surface area contributed by atoms with Gasteiger partial charge in [0.15, 0.2) is 5.65 Å². The van der Waals surface area contributed by atoms with Crippen LogP contribution in [-0.2, 0) is 11.5 Å². The van der Waals surface area contributed by atoms with Gasteiger partial charge in [-0.25, -0.2) is 0 Å². The lowest BCUT2D eigenvalue weighted by atomic mass is 10.3. The van der Waals surface area contributed by atoms with Crippen LogP contribution in [0.2, 0.25) is 31.0 Å². The molecule has 0 unspecified atom stereocenters. The number of ether oxygens (including phenoxy) is 2. The van der Waals surface area contributed by atoms with E-state index in [9.17, 15) is 0 Å². The first-order chi connectivity index (χ1) is 11.9. The molecule has 0 aliphatic heterocycles. The minimum Gasteiger partial charge on any atom is -0.438 e. The number of nitrogens with zero attached hydrogens (tertiary/aromatic N) is 3. The second-order valence-electron chi connectivity index (χ2n) is 7.08. The van der Waals surface area contributed by atoms with Gasteiger partial charge >= 0.3 is 0 Å². The molecule has 0 aliphatic carbocycles. The molecule has 7 heteroatoms. The smallest absolute Gasteiger partial charge is 0.233 e. The number of aromatic nitrogens is 3. The quantitative estimate of drug-likeness (QED) is 0.324. The third-order valence-electron chi connectivity index (χ3n) is 3.74. The number of rotatable bonds is 7. The average Bonchev–Trinajstić information content (AvgIpc) is 2.95. The van der Waals surface area contributed by atoms with E-state index in [1.807, 2.05) is 47.2 Å². The molecule has 1 aromatic carbocycles. The first-order valence-corrected chi connectivity index (χ1v) is 12.3. The molecule has 0 aliphatic rings. The van der Waals surface area contributed by atoms with Crippen molar-refractivity contribution in [3.05, 3.63) is 47.9 Å². The van der Waals surface area contributed by atoms with Gasteiger partial charge in [0.25, 0.3) is 0 Å². The zero-order chi connectivity index (χ0) is 17.9. The van der Waals surface area contributed by atoms with Gasteiger partial charge in [-0.05, 0) is 35.8 Å².